The molecule has 0 saturated carbocycles. The minimum absolute atomic E-state index is 0.153. The highest BCUT2D eigenvalue weighted by molar-refractivity contribution is 7.07. The van der Waals surface area contributed by atoms with Crippen molar-refractivity contribution in [2.45, 2.75) is 45.2 Å². The van der Waals surface area contributed by atoms with Crippen LogP contribution in [0.5, 0.6) is 0 Å². The van der Waals surface area contributed by atoms with Crippen LogP contribution in [0.1, 0.15) is 45.2 Å². The molecule has 1 aliphatic heterocycles. The van der Waals surface area contributed by atoms with Crippen LogP contribution in [0.4, 0.5) is 0 Å². The average molecular weight is 323 g/mol. The third kappa shape index (κ3) is 4.81. The lowest BCUT2D eigenvalue weighted by Crippen LogP contribution is -2.49. The molecule has 1 aliphatic rings. The molecule has 2 N–H and O–H groups in total. The molecule has 0 radical (unpaired) electrons. The second-order valence-electron chi connectivity index (χ2n) is 6.73. The largest absolute Gasteiger partial charge is 0.346 e. The Labute approximate surface area is 136 Å². The molecule has 0 aliphatic carbocycles. The first-order valence-electron chi connectivity index (χ1n) is 7.73. The molecule has 2 rings (SSSR count). The molecular weight excluding hydrogens is 298 g/mol. The van der Waals surface area contributed by atoms with Crippen molar-refractivity contribution < 1.29 is 9.59 Å². The second kappa shape index (κ2) is 7.24. The van der Waals surface area contributed by atoms with E-state index in [0.29, 0.717) is 6.54 Å². The maximum atomic E-state index is 12.0. The minimum atomic E-state index is -0.571. The van der Waals surface area contributed by atoms with Gasteiger partial charge in [-0.25, -0.2) is 0 Å². The number of likely N-dealkylation sites (tertiary alicyclic amines) is 1. The number of thiophene rings is 1. The number of amides is 2. The van der Waals surface area contributed by atoms with Crippen molar-refractivity contribution in [3.05, 3.63) is 22.4 Å². The van der Waals surface area contributed by atoms with E-state index in [4.69, 9.17) is 0 Å². The van der Waals surface area contributed by atoms with Crippen molar-refractivity contribution in [1.29, 1.82) is 0 Å². The fraction of sp³-hybridized carbons (Fsp3) is 0.625. The van der Waals surface area contributed by atoms with E-state index in [1.807, 2.05) is 26.2 Å². The average Bonchev–Trinajstić information content (AvgIpc) is 3.09. The van der Waals surface area contributed by atoms with Crippen LogP contribution in [0.15, 0.2) is 16.8 Å². The number of rotatable bonds is 4. The second-order valence-corrected chi connectivity index (χ2v) is 7.51. The molecule has 2 amide bonds. The van der Waals surface area contributed by atoms with Crippen LogP contribution >= 0.6 is 11.3 Å². The zero-order valence-corrected chi connectivity index (χ0v) is 14.3. The van der Waals surface area contributed by atoms with E-state index in [-0.39, 0.29) is 6.04 Å². The summed E-state index contributed by atoms with van der Waals surface area (Å²) >= 11 is 1.66. The Kier molecular flexibility index (Phi) is 5.58. The molecule has 1 aromatic rings. The summed E-state index contributed by atoms with van der Waals surface area (Å²) in [5.41, 5.74) is 0.805. The molecule has 0 bridgehead atoms. The van der Waals surface area contributed by atoms with Crippen molar-refractivity contribution >= 4 is 23.2 Å². The van der Waals surface area contributed by atoms with Gasteiger partial charge in [-0.15, -0.1) is 0 Å². The summed E-state index contributed by atoms with van der Waals surface area (Å²) < 4.78 is 0. The summed E-state index contributed by atoms with van der Waals surface area (Å²) in [4.78, 5) is 26.2. The highest BCUT2D eigenvalue weighted by atomic mass is 32.1. The third-order valence-corrected chi connectivity index (χ3v) is 4.36. The van der Waals surface area contributed by atoms with Gasteiger partial charge in [0.2, 0.25) is 0 Å². The standard InChI is InChI=1S/C16H25N3O2S/c1-16(2,3)18-15(21)14(20)17-10-13(12-6-9-22-11-12)19-7-4-5-8-19/h6,9,11,13H,4-5,7-8,10H2,1-3H3,(H,17,20)(H,18,21). The predicted molar refractivity (Wildman–Crippen MR) is 88.8 cm³/mol. The lowest BCUT2D eigenvalue weighted by Gasteiger charge is -2.27. The van der Waals surface area contributed by atoms with Gasteiger partial charge in [0.1, 0.15) is 0 Å². The zero-order valence-electron chi connectivity index (χ0n) is 13.5. The van der Waals surface area contributed by atoms with Gasteiger partial charge >= 0.3 is 11.8 Å². The van der Waals surface area contributed by atoms with Gasteiger partial charge in [-0.2, -0.15) is 11.3 Å². The molecule has 2 heterocycles. The van der Waals surface area contributed by atoms with E-state index in [1.165, 1.54) is 18.4 Å². The van der Waals surface area contributed by atoms with Crippen LogP contribution < -0.4 is 10.6 Å². The summed E-state index contributed by atoms with van der Waals surface area (Å²) in [6, 6.07) is 2.25. The SMILES string of the molecule is CC(C)(C)NC(=O)C(=O)NCC(c1ccsc1)N1CCCC1. The Balaban J connectivity index is 1.94. The van der Waals surface area contributed by atoms with Gasteiger partial charge in [-0.1, -0.05) is 0 Å². The van der Waals surface area contributed by atoms with E-state index >= 15 is 0 Å². The van der Waals surface area contributed by atoms with E-state index < -0.39 is 17.4 Å². The molecule has 1 aromatic heterocycles. The molecular formula is C16H25N3O2S. The van der Waals surface area contributed by atoms with Crippen molar-refractivity contribution in [2.75, 3.05) is 19.6 Å². The molecule has 6 heteroatoms. The number of nitrogens with zero attached hydrogens (tertiary/aromatic N) is 1. The number of carbonyl (C=O) groups is 2. The molecule has 1 fully saturated rings. The molecule has 122 valence electrons. The number of hydrogen-bond donors (Lipinski definition) is 2. The van der Waals surface area contributed by atoms with Crippen molar-refractivity contribution in [2.24, 2.45) is 0 Å². The quantitative estimate of drug-likeness (QED) is 0.832. The molecule has 1 saturated heterocycles. The Morgan fingerprint density at radius 1 is 1.27 bits per heavy atom. The summed E-state index contributed by atoms with van der Waals surface area (Å²) in [6.45, 7) is 8.13. The normalized spacial score (nSPS) is 17.2. The van der Waals surface area contributed by atoms with Crippen LogP contribution in [0.25, 0.3) is 0 Å². The third-order valence-electron chi connectivity index (χ3n) is 3.66. The minimum Gasteiger partial charge on any atom is -0.346 e. The first-order valence-corrected chi connectivity index (χ1v) is 8.67. The first-order chi connectivity index (χ1) is 10.4. The van der Waals surface area contributed by atoms with Gasteiger partial charge in [0, 0.05) is 12.1 Å². The Morgan fingerprint density at radius 3 is 2.50 bits per heavy atom. The van der Waals surface area contributed by atoms with Crippen LogP contribution in [-0.2, 0) is 9.59 Å². The van der Waals surface area contributed by atoms with Gasteiger partial charge in [-0.3, -0.25) is 14.5 Å². The molecule has 1 unspecified atom stereocenters. The number of hydrogen-bond acceptors (Lipinski definition) is 4. The summed E-state index contributed by atoms with van der Waals surface area (Å²) in [7, 11) is 0. The molecule has 22 heavy (non-hydrogen) atoms. The predicted octanol–water partition coefficient (Wildman–Crippen LogP) is 1.92. The highest BCUT2D eigenvalue weighted by Crippen LogP contribution is 2.26. The van der Waals surface area contributed by atoms with Gasteiger partial charge in [0.15, 0.2) is 0 Å². The van der Waals surface area contributed by atoms with Crippen LogP contribution in [0.2, 0.25) is 0 Å². The van der Waals surface area contributed by atoms with Crippen molar-refractivity contribution in [1.82, 2.24) is 15.5 Å². The number of nitrogens with one attached hydrogen (secondary N) is 2. The summed E-state index contributed by atoms with van der Waals surface area (Å²) in [6.07, 6.45) is 2.39. The molecule has 1 atom stereocenters. The maximum absolute atomic E-state index is 12.0. The lowest BCUT2D eigenvalue weighted by molar-refractivity contribution is -0.140. The topological polar surface area (TPSA) is 61.4 Å². The van der Waals surface area contributed by atoms with Crippen LogP contribution in [0.3, 0.4) is 0 Å². The van der Waals surface area contributed by atoms with Gasteiger partial charge < -0.3 is 10.6 Å². The zero-order chi connectivity index (χ0) is 16.2. The monoisotopic (exact) mass is 323 g/mol. The van der Waals surface area contributed by atoms with Gasteiger partial charge in [0.05, 0.1) is 6.04 Å². The highest BCUT2D eigenvalue weighted by Gasteiger charge is 2.26. The fourth-order valence-electron chi connectivity index (χ4n) is 2.64. The van der Waals surface area contributed by atoms with Gasteiger partial charge in [0.25, 0.3) is 0 Å². The Morgan fingerprint density at radius 2 is 1.95 bits per heavy atom. The smallest absolute Gasteiger partial charge is 0.309 e. The Hall–Kier alpha value is -1.40. The summed E-state index contributed by atoms with van der Waals surface area (Å²) in [5, 5.41) is 9.63. The Bertz CT molecular complexity index is 502. The summed E-state index contributed by atoms with van der Waals surface area (Å²) in [5.74, 6) is -1.13. The molecule has 0 aromatic carbocycles. The molecule has 5 nitrogen and oxygen atoms in total. The van der Waals surface area contributed by atoms with Crippen molar-refractivity contribution in [3.8, 4) is 0 Å². The van der Waals surface area contributed by atoms with Crippen molar-refractivity contribution in [3.63, 3.8) is 0 Å². The fourth-order valence-corrected chi connectivity index (χ4v) is 3.35. The van der Waals surface area contributed by atoms with E-state index in [0.717, 1.165) is 13.1 Å². The maximum Gasteiger partial charge on any atom is 0.309 e. The van der Waals surface area contributed by atoms with E-state index in [9.17, 15) is 9.59 Å². The number of carbonyl (C=O) groups excluding carboxylic acids is 2. The van der Waals surface area contributed by atoms with E-state index in [2.05, 4.69) is 27.0 Å². The molecule has 0 spiro atoms. The van der Waals surface area contributed by atoms with E-state index in [1.54, 1.807) is 11.3 Å². The van der Waals surface area contributed by atoms with Crippen LogP contribution in [-0.4, -0.2) is 41.9 Å². The lowest BCUT2D eigenvalue weighted by atomic mass is 10.1. The van der Waals surface area contributed by atoms with Gasteiger partial charge in [-0.05, 0) is 69.1 Å². The van der Waals surface area contributed by atoms with Crippen LogP contribution in [0, 0.1) is 0 Å². The first kappa shape index (κ1) is 17.0.